The van der Waals surface area contributed by atoms with Crippen LogP contribution in [0.25, 0.3) is 0 Å². The molecule has 1 saturated heterocycles. The minimum atomic E-state index is 0.144. The maximum Gasteiger partial charge on any atom is 0.136 e. The lowest BCUT2D eigenvalue weighted by atomic mass is 10.00. The highest BCUT2D eigenvalue weighted by molar-refractivity contribution is 5.81. The molecule has 1 fully saturated rings. The maximum atomic E-state index is 11.4. The standard InChI is InChI=1S/C14H13N3O/c1-10-6-14(18)4-5-17(10)13-3-2-11(8-15)12(7-13)9-16/h2-3,7,10H,4-6H2,1H3. The van der Waals surface area contributed by atoms with Gasteiger partial charge in [-0.15, -0.1) is 0 Å². The molecule has 0 bridgehead atoms. The van der Waals surface area contributed by atoms with Crippen LogP contribution in [0.5, 0.6) is 0 Å². The molecule has 0 aromatic heterocycles. The van der Waals surface area contributed by atoms with E-state index in [1.807, 2.05) is 25.1 Å². The summed E-state index contributed by atoms with van der Waals surface area (Å²) in [5, 5.41) is 17.9. The van der Waals surface area contributed by atoms with Crippen LogP contribution >= 0.6 is 0 Å². The van der Waals surface area contributed by atoms with Crippen molar-refractivity contribution in [1.82, 2.24) is 0 Å². The summed E-state index contributed by atoms with van der Waals surface area (Å²) in [5.74, 6) is 0.285. The molecule has 2 rings (SSSR count). The third kappa shape index (κ3) is 2.19. The van der Waals surface area contributed by atoms with Crippen molar-refractivity contribution in [2.45, 2.75) is 25.8 Å². The van der Waals surface area contributed by atoms with Gasteiger partial charge in [0.2, 0.25) is 0 Å². The summed E-state index contributed by atoms with van der Waals surface area (Å²) >= 11 is 0. The first-order valence-electron chi connectivity index (χ1n) is 5.88. The Morgan fingerprint density at radius 2 is 2.00 bits per heavy atom. The van der Waals surface area contributed by atoms with Crippen molar-refractivity contribution in [3.05, 3.63) is 29.3 Å². The Bertz CT molecular complexity index is 565. The van der Waals surface area contributed by atoms with Gasteiger partial charge in [-0.2, -0.15) is 10.5 Å². The molecule has 0 N–H and O–H groups in total. The van der Waals surface area contributed by atoms with Crippen LogP contribution in [0.15, 0.2) is 18.2 Å². The molecule has 1 aromatic carbocycles. The van der Waals surface area contributed by atoms with Gasteiger partial charge in [-0.3, -0.25) is 4.79 Å². The molecule has 1 aliphatic heterocycles. The second-order valence-corrected chi connectivity index (χ2v) is 4.49. The molecule has 1 heterocycles. The van der Waals surface area contributed by atoms with Crippen LogP contribution in [0.2, 0.25) is 0 Å². The number of piperidine rings is 1. The SMILES string of the molecule is CC1CC(=O)CCN1c1ccc(C#N)c(C#N)c1. The van der Waals surface area contributed by atoms with Crippen LogP contribution in [0.4, 0.5) is 5.69 Å². The van der Waals surface area contributed by atoms with Crippen molar-refractivity contribution in [3.63, 3.8) is 0 Å². The zero-order chi connectivity index (χ0) is 13.1. The van der Waals surface area contributed by atoms with Crippen molar-refractivity contribution < 1.29 is 4.79 Å². The van der Waals surface area contributed by atoms with Gasteiger partial charge in [0.1, 0.15) is 17.9 Å². The van der Waals surface area contributed by atoms with Gasteiger partial charge in [0, 0.05) is 31.1 Å². The van der Waals surface area contributed by atoms with E-state index in [2.05, 4.69) is 4.90 Å². The van der Waals surface area contributed by atoms with Crippen molar-refractivity contribution in [2.75, 3.05) is 11.4 Å². The molecule has 4 nitrogen and oxygen atoms in total. The fraction of sp³-hybridized carbons (Fsp3) is 0.357. The average molecular weight is 239 g/mol. The van der Waals surface area contributed by atoms with Crippen molar-refractivity contribution in [3.8, 4) is 12.1 Å². The minimum absolute atomic E-state index is 0.144. The van der Waals surface area contributed by atoms with E-state index >= 15 is 0 Å². The molecule has 1 aromatic rings. The summed E-state index contributed by atoms with van der Waals surface area (Å²) in [7, 11) is 0. The monoisotopic (exact) mass is 239 g/mol. The summed E-state index contributed by atoms with van der Waals surface area (Å²) in [6.45, 7) is 2.68. The maximum absolute atomic E-state index is 11.4. The van der Waals surface area contributed by atoms with E-state index in [0.29, 0.717) is 30.5 Å². The largest absolute Gasteiger partial charge is 0.368 e. The number of hydrogen-bond donors (Lipinski definition) is 0. The molecular formula is C14H13N3O. The van der Waals surface area contributed by atoms with Crippen LogP contribution < -0.4 is 4.90 Å². The minimum Gasteiger partial charge on any atom is -0.368 e. The number of ketones is 1. The Hall–Kier alpha value is -2.33. The Kier molecular flexibility index (Phi) is 3.30. The van der Waals surface area contributed by atoms with Gasteiger partial charge in [0.25, 0.3) is 0 Å². The van der Waals surface area contributed by atoms with Gasteiger partial charge in [-0.1, -0.05) is 0 Å². The lowest BCUT2D eigenvalue weighted by molar-refractivity contribution is -0.120. The third-order valence-electron chi connectivity index (χ3n) is 3.26. The number of carbonyl (C=O) groups is 1. The first kappa shape index (κ1) is 12.1. The number of nitriles is 2. The molecule has 0 spiro atoms. The molecule has 1 unspecified atom stereocenters. The molecule has 0 radical (unpaired) electrons. The number of nitrogens with zero attached hydrogens (tertiary/aromatic N) is 3. The fourth-order valence-corrected chi connectivity index (χ4v) is 2.29. The number of anilines is 1. The van der Waals surface area contributed by atoms with Gasteiger partial charge >= 0.3 is 0 Å². The first-order chi connectivity index (χ1) is 8.65. The van der Waals surface area contributed by atoms with E-state index in [9.17, 15) is 4.79 Å². The molecule has 4 heteroatoms. The summed E-state index contributed by atoms with van der Waals surface area (Å²) in [6.07, 6.45) is 1.09. The lowest BCUT2D eigenvalue weighted by Gasteiger charge is -2.34. The van der Waals surface area contributed by atoms with E-state index in [1.165, 1.54) is 0 Å². The van der Waals surface area contributed by atoms with Gasteiger partial charge in [0.15, 0.2) is 0 Å². The third-order valence-corrected chi connectivity index (χ3v) is 3.26. The lowest BCUT2D eigenvalue weighted by Crippen LogP contribution is -2.41. The second kappa shape index (κ2) is 4.89. The number of rotatable bonds is 1. The van der Waals surface area contributed by atoms with Crippen LogP contribution in [-0.2, 0) is 4.79 Å². The molecule has 1 atom stereocenters. The van der Waals surface area contributed by atoms with Crippen LogP contribution in [0.1, 0.15) is 30.9 Å². The highest BCUT2D eigenvalue weighted by Crippen LogP contribution is 2.25. The molecule has 0 aliphatic carbocycles. The zero-order valence-corrected chi connectivity index (χ0v) is 10.2. The quantitative estimate of drug-likeness (QED) is 0.751. The molecule has 18 heavy (non-hydrogen) atoms. The topological polar surface area (TPSA) is 67.9 Å². The Balaban J connectivity index is 2.32. The van der Waals surface area contributed by atoms with E-state index in [1.54, 1.807) is 12.1 Å². The average Bonchev–Trinajstić information content (AvgIpc) is 2.38. The second-order valence-electron chi connectivity index (χ2n) is 4.49. The number of carbonyl (C=O) groups excluding carboxylic acids is 1. The number of hydrogen-bond acceptors (Lipinski definition) is 4. The normalized spacial score (nSPS) is 19.2. The fourth-order valence-electron chi connectivity index (χ4n) is 2.29. The van der Waals surface area contributed by atoms with Crippen molar-refractivity contribution >= 4 is 11.5 Å². The summed E-state index contributed by atoms with van der Waals surface area (Å²) < 4.78 is 0. The van der Waals surface area contributed by atoms with E-state index in [4.69, 9.17) is 10.5 Å². The zero-order valence-electron chi connectivity index (χ0n) is 10.2. The highest BCUT2D eigenvalue weighted by Gasteiger charge is 2.24. The Labute approximate surface area is 106 Å². The van der Waals surface area contributed by atoms with Crippen LogP contribution in [0, 0.1) is 22.7 Å². The Morgan fingerprint density at radius 1 is 1.28 bits per heavy atom. The van der Waals surface area contributed by atoms with Crippen LogP contribution in [-0.4, -0.2) is 18.4 Å². The van der Waals surface area contributed by atoms with Gasteiger partial charge in [-0.05, 0) is 25.1 Å². The van der Waals surface area contributed by atoms with E-state index in [-0.39, 0.29) is 11.8 Å². The van der Waals surface area contributed by atoms with E-state index < -0.39 is 0 Å². The smallest absolute Gasteiger partial charge is 0.136 e. The number of Topliss-reactive ketones (excluding diaryl/α,β-unsaturated/α-hetero) is 1. The molecule has 90 valence electrons. The van der Waals surface area contributed by atoms with Crippen molar-refractivity contribution in [1.29, 1.82) is 10.5 Å². The predicted molar refractivity (Wildman–Crippen MR) is 66.9 cm³/mol. The molecular weight excluding hydrogens is 226 g/mol. The summed E-state index contributed by atoms with van der Waals surface area (Å²) in [5.41, 5.74) is 1.69. The summed E-state index contributed by atoms with van der Waals surface area (Å²) in [4.78, 5) is 13.5. The Morgan fingerprint density at radius 3 is 2.61 bits per heavy atom. The molecule has 1 aliphatic rings. The van der Waals surface area contributed by atoms with Crippen molar-refractivity contribution in [2.24, 2.45) is 0 Å². The highest BCUT2D eigenvalue weighted by atomic mass is 16.1. The van der Waals surface area contributed by atoms with Crippen LogP contribution in [0.3, 0.4) is 0 Å². The first-order valence-corrected chi connectivity index (χ1v) is 5.88. The van der Waals surface area contributed by atoms with Gasteiger partial charge < -0.3 is 4.90 Å². The molecule has 0 amide bonds. The molecule has 0 saturated carbocycles. The van der Waals surface area contributed by atoms with E-state index in [0.717, 1.165) is 5.69 Å². The van der Waals surface area contributed by atoms with Gasteiger partial charge in [-0.25, -0.2) is 0 Å². The van der Waals surface area contributed by atoms with Gasteiger partial charge in [0.05, 0.1) is 11.1 Å². The number of benzene rings is 1. The summed E-state index contributed by atoms with van der Waals surface area (Å²) in [6, 6.07) is 9.41. The predicted octanol–water partition coefficient (Wildman–Crippen LogP) is 1.99.